The Morgan fingerprint density at radius 3 is 2.52 bits per heavy atom. The summed E-state index contributed by atoms with van der Waals surface area (Å²) in [6.45, 7) is 5.19. The van der Waals surface area contributed by atoms with Crippen molar-refractivity contribution in [1.29, 1.82) is 0 Å². The number of nitrogens with one attached hydrogen (secondary N) is 2. The summed E-state index contributed by atoms with van der Waals surface area (Å²) in [4.78, 5) is 30.2. The summed E-state index contributed by atoms with van der Waals surface area (Å²) in [6, 6.07) is 3.20. The van der Waals surface area contributed by atoms with Crippen LogP contribution >= 0.6 is 0 Å². The van der Waals surface area contributed by atoms with Gasteiger partial charge in [0.1, 0.15) is 0 Å². The molecule has 0 saturated heterocycles. The minimum absolute atomic E-state index is 0.00159. The van der Waals surface area contributed by atoms with Gasteiger partial charge in [-0.1, -0.05) is 0 Å². The standard InChI is InChI=1S/C15H16N4O2/c1-9-13(18-10(2)14(9)11(3)20)8-17-19-15(21)12-4-6-16-7-5-12/h4-8,18H,1-3H3,(H,19,21)/b17-8+. The molecule has 2 N–H and O–H groups in total. The molecule has 0 aliphatic rings. The molecule has 0 fully saturated rings. The fourth-order valence-corrected chi connectivity index (χ4v) is 2.15. The van der Waals surface area contributed by atoms with Crippen LogP contribution in [0.4, 0.5) is 0 Å². The number of rotatable bonds is 4. The van der Waals surface area contributed by atoms with Gasteiger partial charge in [0.05, 0.1) is 11.9 Å². The third-order valence-electron chi connectivity index (χ3n) is 3.13. The first kappa shape index (κ1) is 14.6. The van der Waals surface area contributed by atoms with E-state index in [1.54, 1.807) is 12.1 Å². The molecule has 21 heavy (non-hydrogen) atoms. The van der Waals surface area contributed by atoms with E-state index < -0.39 is 0 Å². The lowest BCUT2D eigenvalue weighted by molar-refractivity contribution is 0.0954. The van der Waals surface area contributed by atoms with Crippen molar-refractivity contribution in [2.75, 3.05) is 0 Å². The fraction of sp³-hybridized carbons (Fsp3) is 0.200. The van der Waals surface area contributed by atoms with Gasteiger partial charge in [-0.2, -0.15) is 5.10 Å². The Hall–Kier alpha value is -2.76. The third kappa shape index (κ3) is 3.22. The molecule has 0 saturated carbocycles. The van der Waals surface area contributed by atoms with E-state index in [0.29, 0.717) is 16.8 Å². The number of ketones is 1. The predicted octanol–water partition coefficient (Wildman–Crippen LogP) is 1.99. The monoisotopic (exact) mass is 284 g/mol. The molecule has 0 unspecified atom stereocenters. The molecule has 0 aliphatic heterocycles. The Morgan fingerprint density at radius 2 is 1.95 bits per heavy atom. The smallest absolute Gasteiger partial charge is 0.271 e. The number of aromatic amines is 1. The summed E-state index contributed by atoms with van der Waals surface area (Å²) in [5.74, 6) is -0.317. The molecule has 0 aromatic carbocycles. The van der Waals surface area contributed by atoms with Gasteiger partial charge >= 0.3 is 0 Å². The van der Waals surface area contributed by atoms with Gasteiger partial charge in [-0.3, -0.25) is 14.6 Å². The SMILES string of the molecule is CC(=O)c1c(C)[nH]c(/C=N/NC(=O)c2ccncc2)c1C. The summed E-state index contributed by atoms with van der Waals surface area (Å²) in [7, 11) is 0. The largest absolute Gasteiger partial charge is 0.357 e. The van der Waals surface area contributed by atoms with Crippen LogP contribution in [0.3, 0.4) is 0 Å². The highest BCUT2D eigenvalue weighted by molar-refractivity contribution is 5.99. The van der Waals surface area contributed by atoms with Crippen LogP contribution in [-0.2, 0) is 0 Å². The molecule has 2 aromatic rings. The van der Waals surface area contributed by atoms with Crippen molar-refractivity contribution in [3.8, 4) is 0 Å². The number of H-pyrrole nitrogens is 1. The average molecular weight is 284 g/mol. The fourth-order valence-electron chi connectivity index (χ4n) is 2.15. The van der Waals surface area contributed by atoms with E-state index in [9.17, 15) is 9.59 Å². The lowest BCUT2D eigenvalue weighted by Gasteiger charge is -1.98. The molecule has 2 aromatic heterocycles. The molecule has 0 aliphatic carbocycles. The van der Waals surface area contributed by atoms with Gasteiger partial charge in [-0.15, -0.1) is 0 Å². The first-order valence-electron chi connectivity index (χ1n) is 6.44. The van der Waals surface area contributed by atoms with E-state index in [-0.39, 0.29) is 11.7 Å². The van der Waals surface area contributed by atoms with Crippen molar-refractivity contribution < 1.29 is 9.59 Å². The summed E-state index contributed by atoms with van der Waals surface area (Å²) in [5.41, 5.74) is 5.89. The van der Waals surface area contributed by atoms with Crippen molar-refractivity contribution in [1.82, 2.24) is 15.4 Å². The van der Waals surface area contributed by atoms with Gasteiger partial charge in [-0.05, 0) is 38.5 Å². The Kier molecular flexibility index (Phi) is 4.27. The van der Waals surface area contributed by atoms with Crippen molar-refractivity contribution in [2.45, 2.75) is 20.8 Å². The lowest BCUT2D eigenvalue weighted by Crippen LogP contribution is -2.17. The number of amides is 1. The number of aromatic nitrogens is 2. The molecule has 0 bridgehead atoms. The van der Waals surface area contributed by atoms with Crippen LogP contribution in [0.25, 0.3) is 0 Å². The summed E-state index contributed by atoms with van der Waals surface area (Å²) in [6.07, 6.45) is 4.57. The van der Waals surface area contributed by atoms with E-state index in [4.69, 9.17) is 0 Å². The van der Waals surface area contributed by atoms with Gasteiger partial charge in [-0.25, -0.2) is 5.43 Å². The second kappa shape index (κ2) is 6.13. The van der Waals surface area contributed by atoms with Gasteiger partial charge in [0.15, 0.2) is 5.78 Å². The minimum Gasteiger partial charge on any atom is -0.357 e. The molecule has 0 spiro atoms. The van der Waals surface area contributed by atoms with Crippen molar-refractivity contribution in [3.63, 3.8) is 0 Å². The lowest BCUT2D eigenvalue weighted by atomic mass is 10.1. The summed E-state index contributed by atoms with van der Waals surface area (Å²) >= 11 is 0. The molecule has 2 rings (SSSR count). The number of carbonyl (C=O) groups is 2. The summed E-state index contributed by atoms with van der Waals surface area (Å²) < 4.78 is 0. The van der Waals surface area contributed by atoms with Gasteiger partial charge < -0.3 is 4.98 Å². The van der Waals surface area contributed by atoms with Crippen LogP contribution in [0, 0.1) is 13.8 Å². The number of hydrogen-bond acceptors (Lipinski definition) is 4. The van der Waals surface area contributed by atoms with E-state index in [1.807, 2.05) is 13.8 Å². The number of aryl methyl sites for hydroxylation is 1. The molecule has 0 radical (unpaired) electrons. The molecule has 1 amide bonds. The first-order valence-corrected chi connectivity index (χ1v) is 6.44. The van der Waals surface area contributed by atoms with Gasteiger partial charge in [0, 0.05) is 29.2 Å². The Balaban J connectivity index is 2.11. The molecular formula is C15H16N4O2. The van der Waals surface area contributed by atoms with Crippen LogP contribution < -0.4 is 5.43 Å². The minimum atomic E-state index is -0.318. The Bertz CT molecular complexity index is 702. The zero-order chi connectivity index (χ0) is 15.4. The van der Waals surface area contributed by atoms with Crippen LogP contribution in [0.5, 0.6) is 0 Å². The highest BCUT2D eigenvalue weighted by atomic mass is 16.2. The third-order valence-corrected chi connectivity index (χ3v) is 3.13. The van der Waals surface area contributed by atoms with Crippen molar-refractivity contribution >= 4 is 17.9 Å². The number of hydrazone groups is 1. The maximum absolute atomic E-state index is 11.8. The zero-order valence-corrected chi connectivity index (χ0v) is 12.1. The van der Waals surface area contributed by atoms with Crippen molar-refractivity contribution in [3.05, 3.63) is 52.6 Å². The average Bonchev–Trinajstić information content (AvgIpc) is 2.74. The van der Waals surface area contributed by atoms with Crippen molar-refractivity contribution in [2.24, 2.45) is 5.10 Å². The van der Waals surface area contributed by atoms with Crippen LogP contribution in [0.1, 0.15) is 44.6 Å². The van der Waals surface area contributed by atoms with Gasteiger partial charge in [0.25, 0.3) is 5.91 Å². The predicted molar refractivity (Wildman–Crippen MR) is 79.6 cm³/mol. The molecule has 6 nitrogen and oxygen atoms in total. The Morgan fingerprint density at radius 1 is 1.29 bits per heavy atom. The molecular weight excluding hydrogens is 268 g/mol. The highest BCUT2D eigenvalue weighted by Gasteiger charge is 2.13. The number of carbonyl (C=O) groups excluding carboxylic acids is 2. The second-order valence-electron chi connectivity index (χ2n) is 4.65. The topological polar surface area (TPSA) is 87.2 Å². The zero-order valence-electron chi connectivity index (χ0n) is 12.1. The normalized spacial score (nSPS) is 10.8. The number of hydrogen-bond donors (Lipinski definition) is 2. The quantitative estimate of drug-likeness (QED) is 0.511. The second-order valence-corrected chi connectivity index (χ2v) is 4.65. The molecule has 2 heterocycles. The maximum Gasteiger partial charge on any atom is 0.271 e. The molecule has 108 valence electrons. The first-order chi connectivity index (χ1) is 10.0. The molecule has 0 atom stereocenters. The van der Waals surface area contributed by atoms with Crippen LogP contribution in [-0.4, -0.2) is 27.9 Å². The van der Waals surface area contributed by atoms with Crippen LogP contribution in [0.2, 0.25) is 0 Å². The highest BCUT2D eigenvalue weighted by Crippen LogP contribution is 2.16. The van der Waals surface area contributed by atoms with Gasteiger partial charge in [0.2, 0.25) is 0 Å². The van der Waals surface area contributed by atoms with E-state index in [1.165, 1.54) is 25.5 Å². The van der Waals surface area contributed by atoms with E-state index >= 15 is 0 Å². The van der Waals surface area contributed by atoms with E-state index in [2.05, 4.69) is 20.5 Å². The van der Waals surface area contributed by atoms with E-state index in [0.717, 1.165) is 11.3 Å². The number of nitrogens with zero attached hydrogens (tertiary/aromatic N) is 2. The summed E-state index contributed by atoms with van der Waals surface area (Å²) in [5, 5.41) is 3.91. The van der Waals surface area contributed by atoms with Crippen LogP contribution in [0.15, 0.2) is 29.6 Å². The molecule has 6 heteroatoms. The Labute approximate surface area is 122 Å². The number of Topliss-reactive ketones (excluding diaryl/α,β-unsaturated/α-hetero) is 1. The maximum atomic E-state index is 11.8. The number of pyridine rings is 1.